The molecule has 1 saturated heterocycles. The van der Waals surface area contributed by atoms with Gasteiger partial charge in [0, 0.05) is 31.7 Å². The van der Waals surface area contributed by atoms with Gasteiger partial charge < -0.3 is 9.47 Å². The van der Waals surface area contributed by atoms with Crippen molar-refractivity contribution in [3.05, 3.63) is 83.4 Å². The Balaban J connectivity index is 1.31. The number of ether oxygens (including phenoxy) is 2. The molecule has 1 aliphatic carbocycles. The van der Waals surface area contributed by atoms with Crippen LogP contribution in [0.5, 0.6) is 11.5 Å². The highest BCUT2D eigenvalue weighted by Crippen LogP contribution is 2.46. The fourth-order valence-corrected chi connectivity index (χ4v) is 4.76. The lowest BCUT2D eigenvalue weighted by atomic mass is 10.0. The van der Waals surface area contributed by atoms with Crippen LogP contribution in [0.2, 0.25) is 0 Å². The molecule has 0 N–H and O–H groups in total. The smallest absolute Gasteiger partial charge is 0.169 e. The third-order valence-electron chi connectivity index (χ3n) is 6.25. The first-order valence-electron chi connectivity index (χ1n) is 10.7. The minimum absolute atomic E-state index is 0.331. The fraction of sp³-hybridized carbons (Fsp3) is 0.269. The molecular weight excluding hydrogens is 386 g/mol. The zero-order chi connectivity index (χ0) is 21.2. The van der Waals surface area contributed by atoms with Gasteiger partial charge in [0.15, 0.2) is 11.5 Å². The predicted octanol–water partition coefficient (Wildman–Crippen LogP) is 4.43. The number of hydrogen-bond acceptors (Lipinski definition) is 5. The monoisotopic (exact) mass is 413 g/mol. The lowest BCUT2D eigenvalue weighted by Crippen LogP contribution is -2.45. The van der Waals surface area contributed by atoms with Crippen molar-refractivity contribution in [1.29, 1.82) is 0 Å². The van der Waals surface area contributed by atoms with Crippen molar-refractivity contribution in [3.8, 4) is 22.6 Å². The van der Waals surface area contributed by atoms with E-state index in [4.69, 9.17) is 14.6 Å². The van der Waals surface area contributed by atoms with Crippen LogP contribution in [0.15, 0.2) is 71.8 Å². The molecule has 0 atom stereocenters. The molecule has 2 aliphatic rings. The number of rotatable bonds is 5. The lowest BCUT2D eigenvalue weighted by molar-refractivity contribution is 0.114. The summed E-state index contributed by atoms with van der Waals surface area (Å²) in [6, 6.07) is 23.8. The summed E-state index contributed by atoms with van der Waals surface area (Å²) in [6.07, 6.45) is 1.87. The molecule has 0 aromatic heterocycles. The number of hydrazone groups is 1. The number of nitrogens with zero attached hydrogens (tertiary/aromatic N) is 3. The molecular formula is C26H27N3O2. The summed E-state index contributed by atoms with van der Waals surface area (Å²) in [7, 11) is 3.31. The molecule has 0 unspecified atom stereocenters. The van der Waals surface area contributed by atoms with Crippen LogP contribution in [0.1, 0.15) is 22.7 Å². The molecule has 0 radical (unpaired) electrons. The maximum atomic E-state index is 5.52. The second-order valence-corrected chi connectivity index (χ2v) is 7.89. The molecule has 0 saturated carbocycles. The van der Waals surface area contributed by atoms with Gasteiger partial charge in [-0.3, -0.25) is 9.91 Å². The van der Waals surface area contributed by atoms with Gasteiger partial charge in [-0.05, 0) is 34.4 Å². The highest BCUT2D eigenvalue weighted by atomic mass is 16.5. The Morgan fingerprint density at radius 3 is 2.03 bits per heavy atom. The molecule has 3 aromatic rings. The minimum Gasteiger partial charge on any atom is -0.493 e. The number of fused-ring (bicyclic) bond motifs is 3. The molecule has 1 aliphatic heterocycles. The molecule has 5 heteroatoms. The highest BCUT2D eigenvalue weighted by Gasteiger charge is 2.33. The van der Waals surface area contributed by atoms with E-state index in [1.807, 2.05) is 24.4 Å². The molecule has 5 rings (SSSR count). The van der Waals surface area contributed by atoms with Crippen LogP contribution in [0.3, 0.4) is 0 Å². The van der Waals surface area contributed by atoms with E-state index in [1.165, 1.54) is 22.3 Å². The Bertz CT molecular complexity index is 1060. The Morgan fingerprint density at radius 2 is 1.42 bits per heavy atom. The second-order valence-electron chi connectivity index (χ2n) is 7.89. The van der Waals surface area contributed by atoms with Gasteiger partial charge >= 0.3 is 0 Å². The highest BCUT2D eigenvalue weighted by molar-refractivity contribution is 5.85. The SMILES string of the molecule is COc1cccc(C=NN2CCN(C3c4ccccc4-c4ccccc43)CC2)c1OC. The van der Waals surface area contributed by atoms with E-state index in [2.05, 4.69) is 58.4 Å². The van der Waals surface area contributed by atoms with Gasteiger partial charge in [0.1, 0.15) is 0 Å². The molecule has 158 valence electrons. The van der Waals surface area contributed by atoms with E-state index in [1.54, 1.807) is 14.2 Å². The molecule has 0 amide bonds. The predicted molar refractivity (Wildman–Crippen MR) is 124 cm³/mol. The average Bonchev–Trinajstić information content (AvgIpc) is 3.17. The molecule has 0 bridgehead atoms. The van der Waals surface area contributed by atoms with Crippen LogP contribution in [0.25, 0.3) is 11.1 Å². The fourth-order valence-electron chi connectivity index (χ4n) is 4.76. The standard InChI is InChI=1S/C26H27N3O2/c1-30-24-13-7-8-19(26(24)31-2)18-27-29-16-14-28(15-17-29)25-22-11-5-3-9-20(22)21-10-4-6-12-23(21)25/h3-13,18,25H,14-17H2,1-2H3. The summed E-state index contributed by atoms with van der Waals surface area (Å²) in [4.78, 5) is 2.59. The quantitative estimate of drug-likeness (QED) is 0.580. The van der Waals surface area contributed by atoms with Crippen LogP contribution in [0.4, 0.5) is 0 Å². The topological polar surface area (TPSA) is 37.3 Å². The van der Waals surface area contributed by atoms with E-state index in [0.717, 1.165) is 37.5 Å². The Labute approximate surface area is 183 Å². The normalized spacial score (nSPS) is 16.4. The molecule has 0 spiro atoms. The van der Waals surface area contributed by atoms with Crippen LogP contribution < -0.4 is 9.47 Å². The summed E-state index contributed by atoms with van der Waals surface area (Å²) < 4.78 is 10.9. The van der Waals surface area contributed by atoms with Gasteiger partial charge in [0.2, 0.25) is 0 Å². The first-order valence-corrected chi connectivity index (χ1v) is 10.7. The summed E-state index contributed by atoms with van der Waals surface area (Å²) in [5.74, 6) is 1.43. The van der Waals surface area contributed by atoms with Crippen molar-refractivity contribution < 1.29 is 9.47 Å². The van der Waals surface area contributed by atoms with Crippen molar-refractivity contribution >= 4 is 6.21 Å². The van der Waals surface area contributed by atoms with Crippen molar-refractivity contribution in [1.82, 2.24) is 9.91 Å². The van der Waals surface area contributed by atoms with Gasteiger partial charge in [0.25, 0.3) is 0 Å². The zero-order valence-corrected chi connectivity index (χ0v) is 18.0. The molecule has 5 nitrogen and oxygen atoms in total. The lowest BCUT2D eigenvalue weighted by Gasteiger charge is -2.37. The van der Waals surface area contributed by atoms with Crippen LogP contribution in [-0.4, -0.2) is 56.5 Å². The first kappa shape index (κ1) is 19.6. The molecule has 31 heavy (non-hydrogen) atoms. The van der Waals surface area contributed by atoms with E-state index >= 15 is 0 Å². The third kappa shape index (κ3) is 3.55. The zero-order valence-electron chi connectivity index (χ0n) is 18.0. The van der Waals surface area contributed by atoms with Crippen molar-refractivity contribution in [2.24, 2.45) is 5.10 Å². The molecule has 1 heterocycles. The summed E-state index contributed by atoms with van der Waals surface area (Å²) >= 11 is 0. The first-order chi connectivity index (χ1) is 15.3. The van der Waals surface area contributed by atoms with Gasteiger partial charge in [-0.25, -0.2) is 0 Å². The van der Waals surface area contributed by atoms with Crippen LogP contribution in [-0.2, 0) is 0 Å². The van der Waals surface area contributed by atoms with Gasteiger partial charge in [0.05, 0.1) is 26.5 Å². The molecule has 1 fully saturated rings. The van der Waals surface area contributed by atoms with E-state index in [0.29, 0.717) is 11.8 Å². The average molecular weight is 414 g/mol. The summed E-state index contributed by atoms with van der Waals surface area (Å²) in [5.41, 5.74) is 6.49. The van der Waals surface area contributed by atoms with Gasteiger partial charge in [-0.2, -0.15) is 5.10 Å². The van der Waals surface area contributed by atoms with E-state index in [-0.39, 0.29) is 0 Å². The summed E-state index contributed by atoms with van der Waals surface area (Å²) in [5, 5.41) is 6.87. The van der Waals surface area contributed by atoms with E-state index in [9.17, 15) is 0 Å². The van der Waals surface area contributed by atoms with Gasteiger partial charge in [-0.1, -0.05) is 54.6 Å². The number of benzene rings is 3. The maximum absolute atomic E-state index is 5.52. The summed E-state index contributed by atoms with van der Waals surface area (Å²) in [6.45, 7) is 3.73. The van der Waals surface area contributed by atoms with Crippen LogP contribution in [0, 0.1) is 0 Å². The minimum atomic E-state index is 0.331. The second kappa shape index (κ2) is 8.44. The van der Waals surface area contributed by atoms with Crippen LogP contribution >= 0.6 is 0 Å². The Kier molecular flexibility index (Phi) is 5.35. The Hall–Kier alpha value is -3.31. The van der Waals surface area contributed by atoms with Crippen molar-refractivity contribution in [3.63, 3.8) is 0 Å². The molecule has 3 aromatic carbocycles. The number of methoxy groups -OCH3 is 2. The van der Waals surface area contributed by atoms with E-state index < -0.39 is 0 Å². The van der Waals surface area contributed by atoms with Crippen molar-refractivity contribution in [2.45, 2.75) is 6.04 Å². The third-order valence-corrected chi connectivity index (χ3v) is 6.25. The van der Waals surface area contributed by atoms with Gasteiger partial charge in [-0.15, -0.1) is 0 Å². The Morgan fingerprint density at radius 1 is 0.774 bits per heavy atom. The number of piperazine rings is 1. The number of para-hydroxylation sites is 1. The maximum Gasteiger partial charge on any atom is 0.169 e. The van der Waals surface area contributed by atoms with Crippen molar-refractivity contribution in [2.75, 3.05) is 40.4 Å². The number of hydrogen-bond donors (Lipinski definition) is 0. The largest absolute Gasteiger partial charge is 0.493 e.